The molecule has 0 saturated heterocycles. The molecule has 0 aromatic carbocycles. The highest BCUT2D eigenvalue weighted by Crippen LogP contribution is 2.27. The normalized spacial score (nSPS) is 15.3. The predicted molar refractivity (Wildman–Crippen MR) is 91.7 cm³/mol. The van der Waals surface area contributed by atoms with E-state index in [0.29, 0.717) is 4.99 Å². The molecule has 1 saturated carbocycles. The Kier molecular flexibility index (Phi) is 5.91. The topological polar surface area (TPSA) is 63.8 Å². The fraction of sp³-hybridized carbons (Fsp3) is 0.688. The van der Waals surface area contributed by atoms with Crippen LogP contribution in [0.1, 0.15) is 62.8 Å². The van der Waals surface area contributed by atoms with E-state index in [2.05, 4.69) is 29.4 Å². The third-order valence-corrected chi connectivity index (χ3v) is 4.62. The van der Waals surface area contributed by atoms with Gasteiger partial charge in [0.05, 0.1) is 11.3 Å². The van der Waals surface area contributed by atoms with Crippen molar-refractivity contribution >= 4 is 23.0 Å². The van der Waals surface area contributed by atoms with E-state index in [1.54, 1.807) is 0 Å². The van der Waals surface area contributed by atoms with Crippen molar-refractivity contribution in [2.45, 2.75) is 58.8 Å². The number of nitrogens with zero attached hydrogens (tertiary/aromatic N) is 2. The monoisotopic (exact) mass is 306 g/mol. The summed E-state index contributed by atoms with van der Waals surface area (Å²) in [5.74, 6) is 1.62. The number of hydrogen-bond acceptors (Lipinski definition) is 4. The van der Waals surface area contributed by atoms with Crippen LogP contribution in [0, 0.1) is 5.92 Å². The number of nitrogens with two attached hydrogens (primary N) is 1. The summed E-state index contributed by atoms with van der Waals surface area (Å²) in [7, 11) is 0. The molecule has 1 aliphatic carbocycles. The average Bonchev–Trinajstić information content (AvgIpc) is 2.99. The highest BCUT2D eigenvalue weighted by atomic mass is 32.1. The van der Waals surface area contributed by atoms with Crippen molar-refractivity contribution in [2.24, 2.45) is 11.7 Å². The second kappa shape index (κ2) is 7.69. The number of aryl methyl sites for hydroxylation is 1. The number of nitrogens with one attached hydrogen (secondary N) is 1. The molecule has 1 aliphatic rings. The summed E-state index contributed by atoms with van der Waals surface area (Å²) in [5.41, 5.74) is 8.97. The van der Waals surface area contributed by atoms with E-state index >= 15 is 0 Å². The van der Waals surface area contributed by atoms with Crippen molar-refractivity contribution in [1.82, 2.24) is 10.2 Å². The quantitative estimate of drug-likeness (QED) is 0.757. The first kappa shape index (κ1) is 16.1. The van der Waals surface area contributed by atoms with Crippen LogP contribution in [0.5, 0.6) is 0 Å². The Balaban J connectivity index is 2.12. The first-order chi connectivity index (χ1) is 10.2. The summed E-state index contributed by atoms with van der Waals surface area (Å²) in [4.78, 5) is 0.416. The third-order valence-electron chi connectivity index (χ3n) is 4.41. The summed E-state index contributed by atoms with van der Waals surface area (Å²) < 4.78 is 0. The largest absolute Gasteiger partial charge is 0.389 e. The van der Waals surface area contributed by atoms with Gasteiger partial charge >= 0.3 is 0 Å². The molecule has 2 rings (SSSR count). The Bertz CT molecular complexity index is 495. The molecule has 0 bridgehead atoms. The van der Waals surface area contributed by atoms with Crippen LogP contribution in [-0.2, 0) is 12.8 Å². The lowest BCUT2D eigenvalue weighted by Crippen LogP contribution is -2.20. The van der Waals surface area contributed by atoms with Crippen LogP contribution >= 0.6 is 12.2 Å². The van der Waals surface area contributed by atoms with E-state index in [9.17, 15) is 0 Å². The van der Waals surface area contributed by atoms with Crippen LogP contribution in [0.3, 0.4) is 0 Å². The first-order valence-electron chi connectivity index (χ1n) is 8.09. The molecule has 0 amide bonds. The van der Waals surface area contributed by atoms with E-state index < -0.39 is 0 Å². The van der Waals surface area contributed by atoms with Crippen molar-refractivity contribution < 1.29 is 0 Å². The van der Waals surface area contributed by atoms with Gasteiger partial charge in [-0.25, -0.2) is 0 Å². The molecule has 0 atom stereocenters. The highest BCUT2D eigenvalue weighted by molar-refractivity contribution is 7.80. The highest BCUT2D eigenvalue weighted by Gasteiger charge is 2.18. The van der Waals surface area contributed by atoms with E-state index in [1.165, 1.54) is 32.1 Å². The molecule has 0 unspecified atom stereocenters. The van der Waals surface area contributed by atoms with Gasteiger partial charge in [0, 0.05) is 6.54 Å². The summed E-state index contributed by atoms with van der Waals surface area (Å²) in [6, 6.07) is 0. The number of hydrogen-bond donors (Lipinski definition) is 2. The maximum absolute atomic E-state index is 5.93. The zero-order chi connectivity index (χ0) is 15.2. The van der Waals surface area contributed by atoms with Crippen LogP contribution in [-0.4, -0.2) is 21.7 Å². The molecule has 4 nitrogen and oxygen atoms in total. The summed E-state index contributed by atoms with van der Waals surface area (Å²) in [6.07, 6.45) is 8.42. The van der Waals surface area contributed by atoms with Crippen molar-refractivity contribution in [3.63, 3.8) is 0 Å². The van der Waals surface area contributed by atoms with Crippen LogP contribution in [0.2, 0.25) is 0 Å². The Morgan fingerprint density at radius 2 is 1.95 bits per heavy atom. The zero-order valence-corrected chi connectivity index (χ0v) is 13.9. The average molecular weight is 306 g/mol. The van der Waals surface area contributed by atoms with Crippen LogP contribution in [0.25, 0.3) is 0 Å². The van der Waals surface area contributed by atoms with Crippen LogP contribution in [0.4, 0.5) is 5.82 Å². The van der Waals surface area contributed by atoms with Crippen molar-refractivity contribution in [2.75, 3.05) is 11.9 Å². The minimum Gasteiger partial charge on any atom is -0.389 e. The van der Waals surface area contributed by atoms with E-state index in [1.807, 2.05) is 0 Å². The lowest BCUT2D eigenvalue weighted by molar-refractivity contribution is 0.518. The molecule has 1 aromatic rings. The fourth-order valence-electron chi connectivity index (χ4n) is 3.26. The van der Waals surface area contributed by atoms with Gasteiger partial charge in [-0.1, -0.05) is 51.7 Å². The van der Waals surface area contributed by atoms with Gasteiger partial charge in [0.1, 0.15) is 4.99 Å². The summed E-state index contributed by atoms with van der Waals surface area (Å²) >= 11 is 5.24. The number of rotatable bonds is 7. The van der Waals surface area contributed by atoms with Gasteiger partial charge in [0.15, 0.2) is 5.82 Å². The predicted octanol–water partition coefficient (Wildman–Crippen LogP) is 3.23. The second-order valence-corrected chi connectivity index (χ2v) is 6.23. The van der Waals surface area contributed by atoms with E-state index in [0.717, 1.165) is 47.9 Å². The second-order valence-electron chi connectivity index (χ2n) is 5.79. The van der Waals surface area contributed by atoms with Gasteiger partial charge in [-0.15, -0.1) is 5.10 Å². The Labute approximate surface area is 132 Å². The Morgan fingerprint density at radius 3 is 2.52 bits per heavy atom. The van der Waals surface area contributed by atoms with Crippen LogP contribution in [0.15, 0.2) is 0 Å². The molecule has 0 spiro atoms. The molecule has 116 valence electrons. The van der Waals surface area contributed by atoms with Gasteiger partial charge in [-0.3, -0.25) is 0 Å². The van der Waals surface area contributed by atoms with E-state index in [4.69, 9.17) is 18.0 Å². The van der Waals surface area contributed by atoms with Gasteiger partial charge < -0.3 is 11.1 Å². The molecule has 21 heavy (non-hydrogen) atoms. The molecular weight excluding hydrogens is 280 g/mol. The van der Waals surface area contributed by atoms with Crippen LogP contribution < -0.4 is 11.1 Å². The third kappa shape index (κ3) is 3.90. The van der Waals surface area contributed by atoms with Gasteiger partial charge in [-0.2, -0.15) is 5.10 Å². The summed E-state index contributed by atoms with van der Waals surface area (Å²) in [5, 5.41) is 12.1. The standard InChI is InChI=1S/C16H26N4S/c1-3-12-13(4-2)19-20-16(14(12)15(17)21)18-10-9-11-7-5-6-8-11/h11H,3-10H2,1-2H3,(H2,17,21)(H,18,20). The maximum atomic E-state index is 5.93. The number of aromatic nitrogens is 2. The molecule has 0 aliphatic heterocycles. The molecule has 0 radical (unpaired) electrons. The maximum Gasteiger partial charge on any atom is 0.159 e. The van der Waals surface area contributed by atoms with Gasteiger partial charge in [-0.05, 0) is 30.7 Å². The minimum atomic E-state index is 0.416. The lowest BCUT2D eigenvalue weighted by atomic mass is 10.0. The Hall–Kier alpha value is -1.23. The van der Waals surface area contributed by atoms with Gasteiger partial charge in [0.2, 0.25) is 0 Å². The van der Waals surface area contributed by atoms with Crippen molar-refractivity contribution in [3.8, 4) is 0 Å². The molecule has 1 fully saturated rings. The number of anilines is 1. The smallest absolute Gasteiger partial charge is 0.159 e. The first-order valence-corrected chi connectivity index (χ1v) is 8.50. The fourth-order valence-corrected chi connectivity index (χ4v) is 3.48. The van der Waals surface area contributed by atoms with Crippen molar-refractivity contribution in [3.05, 3.63) is 16.8 Å². The number of thiocarbonyl (C=S) groups is 1. The Morgan fingerprint density at radius 1 is 1.24 bits per heavy atom. The lowest BCUT2D eigenvalue weighted by Gasteiger charge is -2.16. The summed E-state index contributed by atoms with van der Waals surface area (Å²) in [6.45, 7) is 5.11. The molecular formula is C16H26N4S. The molecule has 1 aromatic heterocycles. The van der Waals surface area contributed by atoms with Gasteiger partial charge in [0.25, 0.3) is 0 Å². The minimum absolute atomic E-state index is 0.416. The van der Waals surface area contributed by atoms with Crippen molar-refractivity contribution in [1.29, 1.82) is 0 Å². The molecule has 3 N–H and O–H groups in total. The molecule has 5 heteroatoms. The zero-order valence-electron chi connectivity index (χ0n) is 13.1. The van der Waals surface area contributed by atoms with E-state index in [-0.39, 0.29) is 0 Å². The SMILES string of the molecule is CCc1nnc(NCCC2CCCC2)c(C(N)=S)c1CC. The molecule has 1 heterocycles.